The zero-order valence-corrected chi connectivity index (χ0v) is 19.4. The second-order valence-electron chi connectivity index (χ2n) is 8.55. The van der Waals surface area contributed by atoms with Gasteiger partial charge in [-0.15, -0.1) is 0 Å². The number of halogens is 5. The van der Waals surface area contributed by atoms with Crippen LogP contribution in [-0.4, -0.2) is 44.2 Å². The highest BCUT2D eigenvalue weighted by molar-refractivity contribution is 6.31. The van der Waals surface area contributed by atoms with Crippen LogP contribution < -0.4 is 5.56 Å². The molecule has 4 aromatic rings. The van der Waals surface area contributed by atoms with Gasteiger partial charge in [-0.2, -0.15) is 13.2 Å². The number of nitrogens with zero attached hydrogens (tertiary/aromatic N) is 4. The smallest absolute Gasteiger partial charge is 0.338 e. The van der Waals surface area contributed by atoms with Crippen molar-refractivity contribution in [2.24, 2.45) is 0 Å². The van der Waals surface area contributed by atoms with E-state index >= 15 is 0 Å². The molecule has 1 atom stereocenters. The van der Waals surface area contributed by atoms with E-state index in [0.29, 0.717) is 11.2 Å². The van der Waals surface area contributed by atoms with Gasteiger partial charge in [0.1, 0.15) is 12.7 Å². The fraction of sp³-hybridized carbons (Fsp3) is 0.240. The van der Waals surface area contributed by atoms with Crippen LogP contribution in [-0.2, 0) is 17.5 Å². The Morgan fingerprint density at radius 3 is 2.67 bits per heavy atom. The lowest BCUT2D eigenvalue weighted by Crippen LogP contribution is -2.35. The van der Waals surface area contributed by atoms with E-state index in [9.17, 15) is 27.2 Å². The molecule has 0 bridgehead atoms. The summed E-state index contributed by atoms with van der Waals surface area (Å²) in [6.07, 6.45) is 0.603. The normalized spacial score (nSPS) is 16.1. The zero-order chi connectivity index (χ0) is 25.6. The highest BCUT2D eigenvalue weighted by atomic mass is 35.5. The van der Waals surface area contributed by atoms with Gasteiger partial charge >= 0.3 is 6.18 Å². The molecule has 1 aromatic carbocycles. The standard InChI is InChI=1S/C25H19ClF4N4O2/c26-20-4-3-15(10-19(20)25(28,29)30)18-13-34(17-2-1-7-31-11-17)21-6-9-33(24(36)23(18)21)14-22(35)32-8-5-16(27)12-32/h1-4,6-7,9-11,13,16H,5,8,12,14H2. The number of amides is 1. The molecule has 6 nitrogen and oxygen atoms in total. The first-order valence-electron chi connectivity index (χ1n) is 11.1. The second kappa shape index (κ2) is 9.09. The number of rotatable bonds is 4. The van der Waals surface area contributed by atoms with Gasteiger partial charge in [-0.25, -0.2) is 4.39 Å². The zero-order valence-electron chi connectivity index (χ0n) is 18.7. The monoisotopic (exact) mass is 518 g/mol. The third-order valence-corrected chi connectivity index (χ3v) is 6.56. The maximum atomic E-state index is 13.6. The van der Waals surface area contributed by atoms with Crippen LogP contribution in [0.2, 0.25) is 5.02 Å². The van der Waals surface area contributed by atoms with Crippen molar-refractivity contribution in [3.8, 4) is 16.8 Å². The summed E-state index contributed by atoms with van der Waals surface area (Å²) in [7, 11) is 0. The molecule has 0 N–H and O–H groups in total. The highest BCUT2D eigenvalue weighted by Crippen LogP contribution is 2.39. The van der Waals surface area contributed by atoms with Gasteiger partial charge in [0, 0.05) is 30.7 Å². The third kappa shape index (κ3) is 4.37. The summed E-state index contributed by atoms with van der Waals surface area (Å²) in [4.78, 5) is 31.7. The predicted molar refractivity (Wildman–Crippen MR) is 127 cm³/mol. The first-order chi connectivity index (χ1) is 17.1. The van der Waals surface area contributed by atoms with Crippen LogP contribution in [0.15, 0.2) is 66.0 Å². The van der Waals surface area contributed by atoms with Crippen LogP contribution in [0.4, 0.5) is 17.6 Å². The van der Waals surface area contributed by atoms with Crippen molar-refractivity contribution in [1.29, 1.82) is 0 Å². The SMILES string of the molecule is O=C(Cn1ccc2c(c(-c3ccc(Cl)c(C(F)(F)F)c3)cn2-c2cccnc2)c1=O)N1CCC(F)C1. The summed E-state index contributed by atoms with van der Waals surface area (Å²) in [6.45, 7) is -0.0680. The van der Waals surface area contributed by atoms with E-state index < -0.39 is 34.4 Å². The molecule has 1 aliphatic rings. The third-order valence-electron chi connectivity index (χ3n) is 6.23. The Hall–Kier alpha value is -3.66. The Labute approximate surface area is 207 Å². The summed E-state index contributed by atoms with van der Waals surface area (Å²) in [5, 5.41) is -0.323. The molecule has 1 aliphatic heterocycles. The summed E-state index contributed by atoms with van der Waals surface area (Å²) in [6, 6.07) is 8.50. The molecule has 0 saturated carbocycles. The Kier molecular flexibility index (Phi) is 6.07. The fourth-order valence-corrected chi connectivity index (χ4v) is 4.66. The molecule has 1 fully saturated rings. The Morgan fingerprint density at radius 2 is 2.00 bits per heavy atom. The van der Waals surface area contributed by atoms with Crippen molar-refractivity contribution in [2.45, 2.75) is 25.3 Å². The average Bonchev–Trinajstić information content (AvgIpc) is 3.45. The maximum Gasteiger partial charge on any atom is 0.417 e. The summed E-state index contributed by atoms with van der Waals surface area (Å²) < 4.78 is 57.1. The molecule has 1 unspecified atom stereocenters. The molecular formula is C25H19ClF4N4O2. The fourth-order valence-electron chi connectivity index (χ4n) is 4.44. The molecule has 36 heavy (non-hydrogen) atoms. The van der Waals surface area contributed by atoms with Crippen LogP contribution >= 0.6 is 11.6 Å². The first-order valence-corrected chi connectivity index (χ1v) is 11.4. The second-order valence-corrected chi connectivity index (χ2v) is 8.96. The topological polar surface area (TPSA) is 60.1 Å². The number of carbonyl (C=O) groups excluding carboxylic acids is 1. The van der Waals surface area contributed by atoms with E-state index in [1.807, 2.05) is 0 Å². The molecule has 5 rings (SSSR count). The van der Waals surface area contributed by atoms with Gasteiger partial charge in [0.15, 0.2) is 0 Å². The lowest BCUT2D eigenvalue weighted by atomic mass is 10.0. The van der Waals surface area contributed by atoms with Crippen LogP contribution in [0.25, 0.3) is 27.7 Å². The number of likely N-dealkylation sites (tertiary alicyclic amines) is 1. The number of carbonyl (C=O) groups is 1. The number of fused-ring (bicyclic) bond motifs is 1. The van der Waals surface area contributed by atoms with Crippen LogP contribution in [0.3, 0.4) is 0 Å². The number of hydrogen-bond donors (Lipinski definition) is 0. The van der Waals surface area contributed by atoms with Crippen LogP contribution in [0.1, 0.15) is 12.0 Å². The van der Waals surface area contributed by atoms with Gasteiger partial charge in [0.05, 0.1) is 39.9 Å². The molecule has 186 valence electrons. The number of aromatic nitrogens is 3. The summed E-state index contributed by atoms with van der Waals surface area (Å²) in [5.74, 6) is -0.407. The van der Waals surface area contributed by atoms with Gasteiger partial charge in [-0.1, -0.05) is 17.7 Å². The predicted octanol–water partition coefficient (Wildman–Crippen LogP) is 5.10. The van der Waals surface area contributed by atoms with Crippen molar-refractivity contribution in [2.75, 3.05) is 13.1 Å². The summed E-state index contributed by atoms with van der Waals surface area (Å²) in [5.41, 5.74) is -0.172. The Bertz CT molecular complexity index is 1510. The van der Waals surface area contributed by atoms with Crippen LogP contribution in [0.5, 0.6) is 0 Å². The average molecular weight is 519 g/mol. The van der Waals surface area contributed by atoms with Crippen molar-refractivity contribution in [3.63, 3.8) is 0 Å². The molecule has 0 radical (unpaired) electrons. The quantitative estimate of drug-likeness (QED) is 0.353. The molecule has 0 aliphatic carbocycles. The van der Waals surface area contributed by atoms with Crippen molar-refractivity contribution < 1.29 is 22.4 Å². The number of hydrogen-bond acceptors (Lipinski definition) is 3. The van der Waals surface area contributed by atoms with Gasteiger partial charge < -0.3 is 14.0 Å². The van der Waals surface area contributed by atoms with E-state index in [0.717, 1.165) is 12.1 Å². The lowest BCUT2D eigenvalue weighted by molar-refractivity contribution is -0.137. The number of alkyl halides is 4. The molecule has 1 saturated heterocycles. The molecule has 11 heteroatoms. The van der Waals surface area contributed by atoms with E-state index in [2.05, 4.69) is 4.98 Å². The molecule has 3 aromatic heterocycles. The maximum absolute atomic E-state index is 13.6. The van der Waals surface area contributed by atoms with E-state index in [4.69, 9.17) is 11.6 Å². The minimum atomic E-state index is -4.69. The molecular weight excluding hydrogens is 500 g/mol. The minimum Gasteiger partial charge on any atom is -0.338 e. The lowest BCUT2D eigenvalue weighted by Gasteiger charge is -2.16. The van der Waals surface area contributed by atoms with Crippen LogP contribution in [0, 0.1) is 0 Å². The van der Waals surface area contributed by atoms with Gasteiger partial charge in [-0.3, -0.25) is 14.6 Å². The first kappa shape index (κ1) is 24.1. The summed E-state index contributed by atoms with van der Waals surface area (Å²) >= 11 is 5.81. The van der Waals surface area contributed by atoms with E-state index in [-0.39, 0.29) is 42.6 Å². The van der Waals surface area contributed by atoms with E-state index in [1.165, 1.54) is 21.7 Å². The van der Waals surface area contributed by atoms with Gasteiger partial charge in [0.2, 0.25) is 5.91 Å². The van der Waals surface area contributed by atoms with Crippen molar-refractivity contribution in [1.82, 2.24) is 19.0 Å². The Morgan fingerprint density at radius 1 is 1.19 bits per heavy atom. The van der Waals surface area contributed by atoms with Crippen molar-refractivity contribution in [3.05, 3.63) is 82.1 Å². The van der Waals surface area contributed by atoms with Crippen molar-refractivity contribution >= 4 is 28.4 Å². The number of benzene rings is 1. The number of pyridine rings is 2. The Balaban J connectivity index is 1.68. The molecule has 0 spiro atoms. The highest BCUT2D eigenvalue weighted by Gasteiger charge is 2.34. The molecule has 1 amide bonds. The van der Waals surface area contributed by atoms with Gasteiger partial charge in [0.25, 0.3) is 5.56 Å². The minimum absolute atomic E-state index is 0.0243. The van der Waals surface area contributed by atoms with E-state index in [1.54, 1.807) is 41.4 Å². The largest absolute Gasteiger partial charge is 0.417 e. The molecule has 4 heterocycles. The van der Waals surface area contributed by atoms with Gasteiger partial charge in [-0.05, 0) is 42.3 Å².